The minimum atomic E-state index is -4.32. The monoisotopic (exact) mass is 333 g/mol. The lowest BCUT2D eigenvalue weighted by Crippen LogP contribution is -2.50. The zero-order chi connectivity index (χ0) is 16.9. The van der Waals surface area contributed by atoms with Gasteiger partial charge in [-0.2, -0.15) is 18.3 Å². The molecule has 7 nitrogen and oxygen atoms in total. The van der Waals surface area contributed by atoms with E-state index in [0.29, 0.717) is 19.3 Å². The van der Waals surface area contributed by atoms with Crippen molar-refractivity contribution in [3.8, 4) is 0 Å². The van der Waals surface area contributed by atoms with Crippen molar-refractivity contribution in [3.05, 3.63) is 12.7 Å². The fraction of sp³-hybridized carbons (Fsp3) is 0.692. The number of aromatic nitrogens is 3. The summed E-state index contributed by atoms with van der Waals surface area (Å²) >= 11 is 0. The zero-order valence-corrected chi connectivity index (χ0v) is 12.3. The molecule has 10 heteroatoms. The normalized spacial score (nSPS) is 21.7. The zero-order valence-electron chi connectivity index (χ0n) is 12.3. The van der Waals surface area contributed by atoms with Gasteiger partial charge in [-0.1, -0.05) is 12.8 Å². The molecule has 128 valence electrons. The van der Waals surface area contributed by atoms with Gasteiger partial charge in [-0.05, 0) is 12.8 Å². The summed E-state index contributed by atoms with van der Waals surface area (Å²) in [5.41, 5.74) is 0. The van der Waals surface area contributed by atoms with Crippen LogP contribution in [0.25, 0.3) is 0 Å². The van der Waals surface area contributed by atoms with Gasteiger partial charge in [0, 0.05) is 6.04 Å². The Morgan fingerprint density at radius 1 is 1.22 bits per heavy atom. The number of carbonyl (C=O) groups excluding carboxylic acids is 2. The molecule has 1 aromatic heterocycles. The predicted molar refractivity (Wildman–Crippen MR) is 73.0 cm³/mol. The van der Waals surface area contributed by atoms with Crippen molar-refractivity contribution in [1.82, 2.24) is 25.4 Å². The second-order valence-corrected chi connectivity index (χ2v) is 5.48. The quantitative estimate of drug-likeness (QED) is 0.827. The number of carbonyl (C=O) groups is 2. The van der Waals surface area contributed by atoms with Crippen LogP contribution in [-0.2, 0) is 16.1 Å². The average molecular weight is 333 g/mol. The Labute approximate surface area is 130 Å². The summed E-state index contributed by atoms with van der Waals surface area (Å²) in [6, 6.07) is -0.927. The van der Waals surface area contributed by atoms with Crippen molar-refractivity contribution in [2.24, 2.45) is 5.92 Å². The predicted octanol–water partition coefficient (Wildman–Crippen LogP) is 0.632. The minimum Gasteiger partial charge on any atom is -0.351 e. The molecule has 1 fully saturated rings. The Balaban J connectivity index is 1.78. The van der Waals surface area contributed by atoms with E-state index in [1.165, 1.54) is 17.3 Å². The van der Waals surface area contributed by atoms with Gasteiger partial charge in [-0.3, -0.25) is 9.59 Å². The second-order valence-electron chi connectivity index (χ2n) is 5.48. The topological polar surface area (TPSA) is 88.9 Å². The molecular formula is C13H18F3N5O2. The lowest BCUT2D eigenvalue weighted by atomic mass is 9.84. The van der Waals surface area contributed by atoms with Gasteiger partial charge in [-0.25, -0.2) is 9.67 Å². The molecule has 0 spiro atoms. The van der Waals surface area contributed by atoms with Crippen molar-refractivity contribution in [2.45, 2.75) is 44.4 Å². The first-order valence-corrected chi connectivity index (χ1v) is 7.31. The maximum atomic E-state index is 12.9. The van der Waals surface area contributed by atoms with Gasteiger partial charge in [0.25, 0.3) is 0 Å². The Hall–Kier alpha value is -2.13. The number of rotatable bonds is 5. The van der Waals surface area contributed by atoms with Gasteiger partial charge in [0.2, 0.25) is 11.8 Å². The molecule has 2 N–H and O–H groups in total. The Morgan fingerprint density at radius 2 is 1.96 bits per heavy atom. The van der Waals surface area contributed by atoms with Crippen molar-refractivity contribution in [3.63, 3.8) is 0 Å². The molecule has 0 saturated heterocycles. The largest absolute Gasteiger partial charge is 0.393 e. The fourth-order valence-corrected chi connectivity index (χ4v) is 2.65. The lowest BCUT2D eigenvalue weighted by Gasteiger charge is -2.33. The number of nitrogens with zero attached hydrogens (tertiary/aromatic N) is 3. The summed E-state index contributed by atoms with van der Waals surface area (Å²) in [7, 11) is 0. The van der Waals surface area contributed by atoms with Crippen molar-refractivity contribution < 1.29 is 22.8 Å². The summed E-state index contributed by atoms with van der Waals surface area (Å²) in [4.78, 5) is 27.0. The average Bonchev–Trinajstić information content (AvgIpc) is 2.97. The Bertz CT molecular complexity index is 532. The van der Waals surface area contributed by atoms with Gasteiger partial charge in [0.15, 0.2) is 0 Å². The molecule has 0 bridgehead atoms. The van der Waals surface area contributed by atoms with E-state index in [4.69, 9.17) is 0 Å². The van der Waals surface area contributed by atoms with Crippen LogP contribution < -0.4 is 10.6 Å². The van der Waals surface area contributed by atoms with Crippen LogP contribution in [0.3, 0.4) is 0 Å². The van der Waals surface area contributed by atoms with Crippen LogP contribution in [0.2, 0.25) is 0 Å². The summed E-state index contributed by atoms with van der Waals surface area (Å²) in [5.74, 6) is -2.62. The smallest absolute Gasteiger partial charge is 0.351 e. The van der Waals surface area contributed by atoms with Crippen LogP contribution in [0.4, 0.5) is 13.2 Å². The number of nitrogens with one attached hydrogen (secondary N) is 2. The molecule has 0 radical (unpaired) electrons. The molecule has 0 aliphatic heterocycles. The standard InChI is InChI=1S/C13H18F3N5O2/c14-13(15,16)9-3-1-2-4-10(9)20-11(22)5-18-12(23)6-21-8-17-7-19-21/h7-10H,1-6H2,(H,18,23)(H,20,22)/t9-,10-/m1/s1. The molecule has 0 aromatic carbocycles. The maximum Gasteiger partial charge on any atom is 0.393 e. The molecule has 2 atom stereocenters. The number of halogens is 3. The van der Waals surface area contributed by atoms with Crippen LogP contribution in [0, 0.1) is 5.92 Å². The Kier molecular flexibility index (Phi) is 5.56. The summed E-state index contributed by atoms with van der Waals surface area (Å²) in [6.45, 7) is -0.476. The first-order chi connectivity index (χ1) is 10.9. The van der Waals surface area contributed by atoms with E-state index < -0.39 is 30.0 Å². The third-order valence-electron chi connectivity index (χ3n) is 3.75. The fourth-order valence-electron chi connectivity index (χ4n) is 2.65. The third kappa shape index (κ3) is 5.22. The molecule has 1 saturated carbocycles. The van der Waals surface area contributed by atoms with Crippen molar-refractivity contribution >= 4 is 11.8 Å². The SMILES string of the molecule is O=C(Cn1cncn1)NCC(=O)N[C@@H]1CCCC[C@H]1C(F)(F)F. The molecule has 1 heterocycles. The maximum absolute atomic E-state index is 12.9. The van der Waals surface area contributed by atoms with Crippen LogP contribution in [0.5, 0.6) is 0 Å². The van der Waals surface area contributed by atoms with Gasteiger partial charge >= 0.3 is 6.18 Å². The summed E-state index contributed by atoms with van der Waals surface area (Å²) in [5, 5.41) is 8.46. The van der Waals surface area contributed by atoms with Crippen molar-refractivity contribution in [2.75, 3.05) is 6.54 Å². The molecule has 23 heavy (non-hydrogen) atoms. The lowest BCUT2D eigenvalue weighted by molar-refractivity contribution is -0.189. The third-order valence-corrected chi connectivity index (χ3v) is 3.75. The van der Waals surface area contributed by atoms with E-state index in [9.17, 15) is 22.8 Å². The van der Waals surface area contributed by atoms with E-state index >= 15 is 0 Å². The van der Waals surface area contributed by atoms with E-state index in [1.807, 2.05) is 0 Å². The number of hydrogen-bond donors (Lipinski definition) is 2. The summed E-state index contributed by atoms with van der Waals surface area (Å²) in [6.07, 6.45) is -0.248. The van der Waals surface area contributed by atoms with E-state index in [0.717, 1.165) is 0 Å². The minimum absolute atomic E-state index is 0.0209. The first-order valence-electron chi connectivity index (χ1n) is 7.31. The Morgan fingerprint density at radius 3 is 2.61 bits per heavy atom. The molecule has 1 aliphatic rings. The molecule has 1 aromatic rings. The highest BCUT2D eigenvalue weighted by atomic mass is 19.4. The highest BCUT2D eigenvalue weighted by Crippen LogP contribution is 2.37. The van der Waals surface area contributed by atoms with Gasteiger partial charge in [0.1, 0.15) is 19.2 Å². The molecular weight excluding hydrogens is 315 g/mol. The van der Waals surface area contributed by atoms with Crippen LogP contribution in [0.1, 0.15) is 25.7 Å². The highest BCUT2D eigenvalue weighted by molar-refractivity contribution is 5.84. The van der Waals surface area contributed by atoms with Crippen LogP contribution in [-0.4, -0.2) is 45.3 Å². The number of hydrogen-bond acceptors (Lipinski definition) is 4. The first kappa shape index (κ1) is 17.2. The van der Waals surface area contributed by atoms with Gasteiger partial charge < -0.3 is 10.6 Å². The second kappa shape index (κ2) is 7.42. The molecule has 2 rings (SSSR count). The van der Waals surface area contributed by atoms with Gasteiger partial charge in [-0.15, -0.1) is 0 Å². The molecule has 0 unspecified atom stereocenters. The summed E-state index contributed by atoms with van der Waals surface area (Å²) < 4.78 is 40.1. The van der Waals surface area contributed by atoms with Crippen molar-refractivity contribution in [1.29, 1.82) is 0 Å². The molecule has 1 aliphatic carbocycles. The van der Waals surface area contributed by atoms with Crippen LogP contribution >= 0.6 is 0 Å². The van der Waals surface area contributed by atoms with Gasteiger partial charge in [0.05, 0.1) is 12.5 Å². The van der Waals surface area contributed by atoms with E-state index in [2.05, 4.69) is 20.7 Å². The number of amides is 2. The molecule has 2 amide bonds. The van der Waals surface area contributed by atoms with E-state index in [1.54, 1.807) is 0 Å². The number of alkyl halides is 3. The van der Waals surface area contributed by atoms with Crippen LogP contribution in [0.15, 0.2) is 12.7 Å². The highest BCUT2D eigenvalue weighted by Gasteiger charge is 2.45. The van der Waals surface area contributed by atoms with E-state index in [-0.39, 0.29) is 19.5 Å².